The topological polar surface area (TPSA) is 95.6 Å². The van der Waals surface area contributed by atoms with Crippen LogP contribution in [-0.4, -0.2) is 56.2 Å². The number of fused-ring (bicyclic) bond motifs is 1. The number of nitrogens with one attached hydrogen (secondary N) is 2. The van der Waals surface area contributed by atoms with Gasteiger partial charge in [0.25, 0.3) is 0 Å². The van der Waals surface area contributed by atoms with Crippen LogP contribution in [0.2, 0.25) is 0 Å². The molecule has 4 aromatic heterocycles. The molecule has 0 bridgehead atoms. The summed E-state index contributed by atoms with van der Waals surface area (Å²) in [6.45, 7) is 4.36. The van der Waals surface area contributed by atoms with Crippen molar-refractivity contribution in [1.29, 1.82) is 0 Å². The molecule has 0 aromatic carbocycles. The van der Waals surface area contributed by atoms with Crippen molar-refractivity contribution in [2.75, 3.05) is 24.7 Å². The molecule has 8 heteroatoms. The van der Waals surface area contributed by atoms with Gasteiger partial charge in [-0.2, -0.15) is 10.2 Å². The summed E-state index contributed by atoms with van der Waals surface area (Å²) in [4.78, 5) is 11.9. The van der Waals surface area contributed by atoms with E-state index in [-0.39, 0.29) is 6.04 Å². The molecule has 136 valence electrons. The molecule has 0 amide bonds. The zero-order valence-corrected chi connectivity index (χ0v) is 14.9. The van der Waals surface area contributed by atoms with Gasteiger partial charge >= 0.3 is 0 Å². The van der Waals surface area contributed by atoms with Crippen LogP contribution < -0.4 is 4.90 Å². The van der Waals surface area contributed by atoms with E-state index in [0.29, 0.717) is 13.2 Å². The average molecular weight is 361 g/mol. The highest BCUT2D eigenvalue weighted by Gasteiger charge is 2.23. The third kappa shape index (κ3) is 2.74. The van der Waals surface area contributed by atoms with Gasteiger partial charge < -0.3 is 9.64 Å². The molecule has 5 heterocycles. The normalized spacial score (nSPS) is 17.5. The molecule has 0 spiro atoms. The Morgan fingerprint density at radius 3 is 2.96 bits per heavy atom. The maximum Gasteiger partial charge on any atom is 0.130 e. The van der Waals surface area contributed by atoms with Gasteiger partial charge in [-0.1, -0.05) is 0 Å². The van der Waals surface area contributed by atoms with Crippen molar-refractivity contribution < 1.29 is 4.74 Å². The Balaban J connectivity index is 1.78. The summed E-state index contributed by atoms with van der Waals surface area (Å²) >= 11 is 0. The number of nitrogens with zero attached hydrogens (tertiary/aromatic N) is 5. The van der Waals surface area contributed by atoms with Gasteiger partial charge in [0.1, 0.15) is 17.0 Å². The summed E-state index contributed by atoms with van der Waals surface area (Å²) in [6.07, 6.45) is 7.26. The quantitative estimate of drug-likeness (QED) is 0.582. The minimum absolute atomic E-state index is 0.258. The average Bonchev–Trinajstić information content (AvgIpc) is 3.41. The van der Waals surface area contributed by atoms with Gasteiger partial charge in [-0.3, -0.25) is 15.2 Å². The molecule has 4 aromatic rings. The third-order valence-electron chi connectivity index (χ3n) is 4.94. The van der Waals surface area contributed by atoms with Crippen molar-refractivity contribution in [3.8, 4) is 22.5 Å². The first kappa shape index (κ1) is 16.0. The van der Waals surface area contributed by atoms with Crippen molar-refractivity contribution in [3.05, 3.63) is 43.0 Å². The summed E-state index contributed by atoms with van der Waals surface area (Å²) in [5, 5.41) is 15.1. The fourth-order valence-electron chi connectivity index (χ4n) is 3.57. The fourth-order valence-corrected chi connectivity index (χ4v) is 3.57. The number of pyridine rings is 2. The van der Waals surface area contributed by atoms with Crippen LogP contribution in [-0.2, 0) is 4.74 Å². The molecule has 27 heavy (non-hydrogen) atoms. The number of morpholine rings is 1. The number of aromatic amines is 2. The van der Waals surface area contributed by atoms with E-state index in [0.717, 1.165) is 45.8 Å². The number of anilines is 1. The third-order valence-corrected chi connectivity index (χ3v) is 4.94. The van der Waals surface area contributed by atoms with E-state index in [9.17, 15) is 0 Å². The number of ether oxygens (including phenoxy) is 1. The first-order valence-electron chi connectivity index (χ1n) is 8.94. The predicted octanol–water partition coefficient (Wildman–Crippen LogP) is 2.64. The minimum atomic E-state index is 0.258. The molecule has 8 nitrogen and oxygen atoms in total. The van der Waals surface area contributed by atoms with E-state index in [1.165, 1.54) is 0 Å². The van der Waals surface area contributed by atoms with Gasteiger partial charge in [0.05, 0.1) is 31.1 Å². The number of rotatable bonds is 3. The number of aromatic nitrogens is 6. The smallest absolute Gasteiger partial charge is 0.130 e. The summed E-state index contributed by atoms with van der Waals surface area (Å²) < 4.78 is 5.60. The SMILES string of the molecule is CC1COCCN1c1cc(-c2cn[nH]c2)c2ccnc(-c3ccn[nH]3)c2n1. The van der Waals surface area contributed by atoms with Crippen molar-refractivity contribution in [2.45, 2.75) is 13.0 Å². The molecule has 1 aliphatic heterocycles. The monoisotopic (exact) mass is 361 g/mol. The molecule has 0 aliphatic carbocycles. The highest BCUT2D eigenvalue weighted by atomic mass is 16.5. The van der Waals surface area contributed by atoms with E-state index >= 15 is 0 Å². The number of H-pyrrole nitrogens is 2. The van der Waals surface area contributed by atoms with Crippen LogP contribution in [0.1, 0.15) is 6.92 Å². The molecular weight excluding hydrogens is 342 g/mol. The van der Waals surface area contributed by atoms with Crippen LogP contribution in [0.4, 0.5) is 5.82 Å². The van der Waals surface area contributed by atoms with Crippen molar-refractivity contribution >= 4 is 16.7 Å². The van der Waals surface area contributed by atoms with Crippen molar-refractivity contribution in [2.24, 2.45) is 0 Å². The lowest BCUT2D eigenvalue weighted by Crippen LogP contribution is -2.44. The first-order chi connectivity index (χ1) is 13.3. The van der Waals surface area contributed by atoms with Crippen LogP contribution in [0.3, 0.4) is 0 Å². The van der Waals surface area contributed by atoms with Gasteiger partial charge in [-0.25, -0.2) is 4.98 Å². The first-order valence-corrected chi connectivity index (χ1v) is 8.94. The lowest BCUT2D eigenvalue weighted by molar-refractivity contribution is 0.0986. The standard InChI is InChI=1S/C19H19N7O/c1-12-11-27-7-6-26(12)17-8-15(13-9-22-23-10-13)14-2-4-20-19(18(14)24-17)16-3-5-21-25-16/h2-5,8-10,12H,6-7,11H2,1H3,(H,21,25)(H,22,23). The highest BCUT2D eigenvalue weighted by molar-refractivity contribution is 6.01. The second kappa shape index (κ2) is 6.48. The summed E-state index contributed by atoms with van der Waals surface area (Å²) in [7, 11) is 0. The predicted molar refractivity (Wildman–Crippen MR) is 102 cm³/mol. The largest absolute Gasteiger partial charge is 0.377 e. The Morgan fingerprint density at radius 1 is 1.22 bits per heavy atom. The van der Waals surface area contributed by atoms with E-state index < -0.39 is 0 Å². The van der Waals surface area contributed by atoms with Gasteiger partial charge in [-0.05, 0) is 30.7 Å². The van der Waals surface area contributed by atoms with E-state index in [1.54, 1.807) is 12.4 Å². The Hall–Kier alpha value is -3.26. The van der Waals surface area contributed by atoms with Crippen LogP contribution >= 0.6 is 0 Å². The van der Waals surface area contributed by atoms with Gasteiger partial charge in [0.15, 0.2) is 0 Å². The van der Waals surface area contributed by atoms with Crippen LogP contribution in [0.15, 0.2) is 43.0 Å². The minimum Gasteiger partial charge on any atom is -0.377 e. The van der Waals surface area contributed by atoms with Gasteiger partial charge in [0.2, 0.25) is 0 Å². The molecule has 1 atom stereocenters. The van der Waals surface area contributed by atoms with Crippen molar-refractivity contribution in [3.63, 3.8) is 0 Å². The van der Waals surface area contributed by atoms with E-state index in [1.807, 2.05) is 24.5 Å². The van der Waals surface area contributed by atoms with Crippen LogP contribution in [0.25, 0.3) is 33.4 Å². The zero-order valence-electron chi connectivity index (χ0n) is 14.9. The summed E-state index contributed by atoms with van der Waals surface area (Å²) in [5.74, 6) is 0.920. The Bertz CT molecular complexity index is 1060. The van der Waals surface area contributed by atoms with Crippen molar-refractivity contribution in [1.82, 2.24) is 30.4 Å². The molecule has 0 radical (unpaired) electrons. The number of hydrogen-bond acceptors (Lipinski definition) is 6. The van der Waals surface area contributed by atoms with E-state index in [2.05, 4.69) is 43.3 Å². The maximum atomic E-state index is 5.60. The summed E-state index contributed by atoms with van der Waals surface area (Å²) in [6, 6.07) is 6.29. The molecule has 1 aliphatic rings. The van der Waals surface area contributed by atoms with Gasteiger partial charge in [-0.15, -0.1) is 0 Å². The van der Waals surface area contributed by atoms with Gasteiger partial charge in [0, 0.05) is 36.1 Å². The lowest BCUT2D eigenvalue weighted by Gasteiger charge is -2.34. The maximum absolute atomic E-state index is 5.60. The van der Waals surface area contributed by atoms with Crippen LogP contribution in [0.5, 0.6) is 0 Å². The Labute approximate surface area is 155 Å². The van der Waals surface area contributed by atoms with E-state index in [4.69, 9.17) is 9.72 Å². The molecule has 1 unspecified atom stereocenters. The zero-order chi connectivity index (χ0) is 18.2. The fraction of sp³-hybridized carbons (Fsp3) is 0.263. The molecule has 5 rings (SSSR count). The second-order valence-electron chi connectivity index (χ2n) is 6.66. The molecular formula is C19H19N7O. The Morgan fingerprint density at radius 2 is 2.19 bits per heavy atom. The van der Waals surface area contributed by atoms with Crippen LogP contribution in [0, 0.1) is 0 Å². The molecule has 1 saturated heterocycles. The molecule has 2 N–H and O–H groups in total. The molecule has 0 saturated carbocycles. The molecule has 1 fully saturated rings. The highest BCUT2D eigenvalue weighted by Crippen LogP contribution is 2.35. The number of hydrogen-bond donors (Lipinski definition) is 2. The second-order valence-corrected chi connectivity index (χ2v) is 6.66. The Kier molecular flexibility index (Phi) is 3.83. The lowest BCUT2D eigenvalue weighted by atomic mass is 10.0. The summed E-state index contributed by atoms with van der Waals surface area (Å²) in [5.41, 5.74) is 4.57.